The van der Waals surface area contributed by atoms with E-state index in [0.29, 0.717) is 6.54 Å². The molecule has 2 aromatic heterocycles. The van der Waals surface area contributed by atoms with E-state index in [1.807, 2.05) is 18.5 Å². The Balaban J connectivity index is 0.00000264. The van der Waals surface area contributed by atoms with Gasteiger partial charge in [-0.2, -0.15) is 0 Å². The Kier molecular flexibility index (Phi) is 10.1. The summed E-state index contributed by atoms with van der Waals surface area (Å²) in [7, 11) is 1.79. The van der Waals surface area contributed by atoms with Gasteiger partial charge in [-0.1, -0.05) is 11.8 Å². The van der Waals surface area contributed by atoms with Crippen LogP contribution in [-0.4, -0.2) is 35.3 Å². The summed E-state index contributed by atoms with van der Waals surface area (Å²) in [5.41, 5.74) is 1.11. The second-order valence-corrected chi connectivity index (χ2v) is 8.13. The summed E-state index contributed by atoms with van der Waals surface area (Å²) in [6.07, 6.45) is 2.92. The Morgan fingerprint density at radius 2 is 2.17 bits per heavy atom. The molecule has 9 heteroatoms. The zero-order valence-electron chi connectivity index (χ0n) is 13.5. The predicted octanol–water partition coefficient (Wildman–Crippen LogP) is 3.68. The molecule has 2 heterocycles. The average molecular weight is 483 g/mol. The molecule has 0 radical (unpaired) electrons. The minimum atomic E-state index is 0. The van der Waals surface area contributed by atoms with Gasteiger partial charge >= 0.3 is 0 Å². The number of aryl methyl sites for hydroxylation is 2. The van der Waals surface area contributed by atoms with Crippen LogP contribution in [0.5, 0.6) is 0 Å². The molecule has 0 saturated heterocycles. The highest BCUT2D eigenvalue weighted by Crippen LogP contribution is 2.20. The van der Waals surface area contributed by atoms with Crippen molar-refractivity contribution in [2.24, 2.45) is 4.99 Å². The van der Waals surface area contributed by atoms with Crippen LogP contribution in [0.25, 0.3) is 0 Å². The van der Waals surface area contributed by atoms with Crippen molar-refractivity contribution in [3.05, 3.63) is 27.2 Å². The summed E-state index contributed by atoms with van der Waals surface area (Å²) in [5, 5.41) is 9.73. The fourth-order valence-corrected chi connectivity index (χ4v) is 4.24. The first kappa shape index (κ1) is 20.7. The molecule has 128 valence electrons. The van der Waals surface area contributed by atoms with E-state index in [2.05, 4.69) is 32.5 Å². The Morgan fingerprint density at radius 3 is 2.78 bits per heavy atom. The van der Waals surface area contributed by atoms with E-state index in [1.54, 1.807) is 41.5 Å². The maximum atomic E-state index is 4.52. The minimum Gasteiger partial charge on any atom is -0.356 e. The monoisotopic (exact) mass is 483 g/mol. The number of thioether (sulfide) groups is 1. The molecule has 0 amide bonds. The fraction of sp³-hybridized carbons (Fsp3) is 0.500. The topological polar surface area (TPSA) is 62.2 Å². The Bertz CT molecular complexity index is 578. The number of hydrogen-bond acceptors (Lipinski definition) is 6. The highest BCUT2D eigenvalue weighted by Gasteiger charge is 2.04. The highest BCUT2D eigenvalue weighted by atomic mass is 127. The van der Waals surface area contributed by atoms with E-state index < -0.39 is 0 Å². The summed E-state index contributed by atoms with van der Waals surface area (Å²) in [4.78, 5) is 14.3. The zero-order chi connectivity index (χ0) is 15.8. The van der Waals surface area contributed by atoms with Crippen molar-refractivity contribution < 1.29 is 0 Å². The Morgan fingerprint density at radius 1 is 1.35 bits per heavy atom. The molecule has 5 nitrogen and oxygen atoms in total. The number of hydrogen-bond donors (Lipinski definition) is 2. The smallest absolute Gasteiger partial charge is 0.191 e. The molecule has 0 saturated carbocycles. The molecule has 0 fully saturated rings. The third-order valence-electron chi connectivity index (χ3n) is 2.95. The molecule has 0 atom stereocenters. The third kappa shape index (κ3) is 7.36. The lowest BCUT2D eigenvalue weighted by Crippen LogP contribution is -2.37. The van der Waals surface area contributed by atoms with Gasteiger partial charge in [-0.05, 0) is 20.3 Å². The number of thiazole rings is 2. The van der Waals surface area contributed by atoms with Crippen molar-refractivity contribution in [3.8, 4) is 0 Å². The largest absolute Gasteiger partial charge is 0.356 e. The first-order valence-electron chi connectivity index (χ1n) is 7.08. The number of halogens is 1. The van der Waals surface area contributed by atoms with Crippen LogP contribution in [0.15, 0.2) is 20.9 Å². The van der Waals surface area contributed by atoms with Gasteiger partial charge in [0.1, 0.15) is 9.35 Å². The van der Waals surface area contributed by atoms with Gasteiger partial charge in [-0.15, -0.1) is 46.7 Å². The molecule has 23 heavy (non-hydrogen) atoms. The fourth-order valence-electron chi connectivity index (χ4n) is 1.71. The van der Waals surface area contributed by atoms with Crippen molar-refractivity contribution in [2.45, 2.75) is 31.2 Å². The summed E-state index contributed by atoms with van der Waals surface area (Å²) in [5.74, 6) is 1.88. The predicted molar refractivity (Wildman–Crippen MR) is 113 cm³/mol. The molecule has 2 aromatic rings. The normalized spacial score (nSPS) is 11.2. The van der Waals surface area contributed by atoms with Crippen LogP contribution in [0.2, 0.25) is 0 Å². The van der Waals surface area contributed by atoms with Gasteiger partial charge in [0.2, 0.25) is 0 Å². The molecule has 0 spiro atoms. The lowest BCUT2D eigenvalue weighted by atomic mass is 10.4. The molecule has 2 rings (SSSR count). The Hall–Kier alpha value is -0.390. The van der Waals surface area contributed by atoms with Gasteiger partial charge in [0.05, 0.1) is 12.2 Å². The lowest BCUT2D eigenvalue weighted by Gasteiger charge is -2.10. The van der Waals surface area contributed by atoms with Crippen LogP contribution in [0.4, 0.5) is 0 Å². The molecule has 0 bridgehead atoms. The van der Waals surface area contributed by atoms with Gasteiger partial charge in [0, 0.05) is 35.8 Å². The first-order chi connectivity index (χ1) is 10.7. The van der Waals surface area contributed by atoms with E-state index in [1.165, 1.54) is 4.88 Å². The molecule has 2 N–H and O–H groups in total. The van der Waals surface area contributed by atoms with Gasteiger partial charge in [-0.3, -0.25) is 4.99 Å². The SMILES string of the molecule is CN=C(NCCCSc1nccs1)NCc1nc(C)c(C)s1.I. The van der Waals surface area contributed by atoms with Crippen LogP contribution in [0.1, 0.15) is 22.0 Å². The van der Waals surface area contributed by atoms with Crippen LogP contribution < -0.4 is 10.6 Å². The number of nitrogens with one attached hydrogen (secondary N) is 2. The first-order valence-corrected chi connectivity index (χ1v) is 9.77. The number of aliphatic imine (C=N–C) groups is 1. The summed E-state index contributed by atoms with van der Waals surface area (Å²) >= 11 is 5.22. The lowest BCUT2D eigenvalue weighted by molar-refractivity contribution is 0.782. The van der Waals surface area contributed by atoms with Crippen molar-refractivity contribution in [1.82, 2.24) is 20.6 Å². The Labute approximate surface area is 166 Å². The number of nitrogens with zero attached hydrogens (tertiary/aromatic N) is 3. The highest BCUT2D eigenvalue weighted by molar-refractivity contribution is 14.0. The molecule has 0 unspecified atom stereocenters. The van der Waals surface area contributed by atoms with Crippen LogP contribution in [-0.2, 0) is 6.54 Å². The van der Waals surface area contributed by atoms with Crippen LogP contribution in [0.3, 0.4) is 0 Å². The van der Waals surface area contributed by atoms with Crippen molar-refractivity contribution >= 4 is 64.4 Å². The molecule has 0 aliphatic carbocycles. The second-order valence-electron chi connectivity index (χ2n) is 4.60. The van der Waals surface area contributed by atoms with Gasteiger partial charge in [0.25, 0.3) is 0 Å². The van der Waals surface area contributed by atoms with E-state index in [0.717, 1.165) is 39.7 Å². The quantitative estimate of drug-likeness (QED) is 0.207. The molecular weight excluding hydrogens is 461 g/mol. The number of rotatable bonds is 7. The number of guanidine groups is 1. The maximum Gasteiger partial charge on any atom is 0.191 e. The van der Waals surface area contributed by atoms with Crippen LogP contribution in [0, 0.1) is 13.8 Å². The third-order valence-corrected chi connectivity index (χ3v) is 6.08. The van der Waals surface area contributed by atoms with E-state index in [4.69, 9.17) is 0 Å². The number of aromatic nitrogens is 2. The van der Waals surface area contributed by atoms with Crippen LogP contribution >= 0.6 is 58.4 Å². The minimum absolute atomic E-state index is 0. The standard InChI is InChI=1S/C14H21N5S3.HI/c1-10-11(2)22-12(19-10)9-18-13(15-3)16-5-4-7-20-14-17-6-8-21-14;/h6,8H,4-5,7,9H2,1-3H3,(H2,15,16,18);1H. The van der Waals surface area contributed by atoms with E-state index in [-0.39, 0.29) is 24.0 Å². The van der Waals surface area contributed by atoms with Gasteiger partial charge < -0.3 is 10.6 Å². The average Bonchev–Trinajstić information content (AvgIpc) is 3.12. The van der Waals surface area contributed by atoms with E-state index >= 15 is 0 Å². The molecule has 0 aromatic carbocycles. The van der Waals surface area contributed by atoms with Crippen molar-refractivity contribution in [2.75, 3.05) is 19.3 Å². The molecule has 0 aliphatic heterocycles. The van der Waals surface area contributed by atoms with E-state index in [9.17, 15) is 0 Å². The van der Waals surface area contributed by atoms with Gasteiger partial charge in [-0.25, -0.2) is 9.97 Å². The second kappa shape index (κ2) is 11.2. The summed E-state index contributed by atoms with van der Waals surface area (Å²) in [6, 6.07) is 0. The summed E-state index contributed by atoms with van der Waals surface area (Å²) in [6.45, 7) is 5.76. The zero-order valence-corrected chi connectivity index (χ0v) is 18.2. The van der Waals surface area contributed by atoms with Gasteiger partial charge in [0.15, 0.2) is 5.96 Å². The van der Waals surface area contributed by atoms with Crippen molar-refractivity contribution in [1.29, 1.82) is 0 Å². The van der Waals surface area contributed by atoms with Crippen molar-refractivity contribution in [3.63, 3.8) is 0 Å². The molecule has 0 aliphatic rings. The molecular formula is C14H22IN5S3. The maximum absolute atomic E-state index is 4.52. The summed E-state index contributed by atoms with van der Waals surface area (Å²) < 4.78 is 1.14.